The summed E-state index contributed by atoms with van der Waals surface area (Å²) in [5.74, 6) is 0.850. The Morgan fingerprint density at radius 1 is 1.21 bits per heavy atom. The van der Waals surface area contributed by atoms with Gasteiger partial charge in [0, 0.05) is 6.04 Å². The number of benzene rings is 1. The van der Waals surface area contributed by atoms with Crippen LogP contribution in [0.4, 0.5) is 0 Å². The lowest BCUT2D eigenvalue weighted by atomic mass is 9.90. The maximum Gasteiger partial charge on any atom is 0.0828 e. The summed E-state index contributed by atoms with van der Waals surface area (Å²) in [6.07, 6.45) is 6.50. The van der Waals surface area contributed by atoms with Crippen LogP contribution in [-0.4, -0.2) is 19.2 Å². The monoisotopic (exact) mass is 259 g/mol. The van der Waals surface area contributed by atoms with Gasteiger partial charge in [-0.05, 0) is 55.7 Å². The Morgan fingerprint density at radius 2 is 2.11 bits per heavy atom. The number of fused-ring (bicyclic) bond motifs is 1. The van der Waals surface area contributed by atoms with Crippen molar-refractivity contribution in [3.05, 3.63) is 35.4 Å². The molecule has 2 aliphatic heterocycles. The standard InChI is InChI=1S/C17H25NO/c1-13-6-7-15(18-12-13)8-9-17-16-5-3-2-4-14(16)10-11-19-17/h2-5,13,15,17-18H,6-12H2,1H3. The van der Waals surface area contributed by atoms with Crippen LogP contribution in [0, 0.1) is 5.92 Å². The molecule has 0 bridgehead atoms. The minimum Gasteiger partial charge on any atom is -0.373 e. The van der Waals surface area contributed by atoms with Crippen LogP contribution in [0.1, 0.15) is 49.8 Å². The molecule has 1 saturated heterocycles. The number of nitrogens with one attached hydrogen (secondary N) is 1. The molecule has 2 heterocycles. The van der Waals surface area contributed by atoms with E-state index in [1.807, 2.05) is 0 Å². The molecule has 1 N–H and O–H groups in total. The van der Waals surface area contributed by atoms with E-state index < -0.39 is 0 Å². The summed E-state index contributed by atoms with van der Waals surface area (Å²) in [6, 6.07) is 9.49. The highest BCUT2D eigenvalue weighted by Gasteiger charge is 2.23. The van der Waals surface area contributed by atoms with Crippen LogP contribution in [0.2, 0.25) is 0 Å². The molecule has 3 atom stereocenters. The van der Waals surface area contributed by atoms with Crippen LogP contribution in [0.3, 0.4) is 0 Å². The van der Waals surface area contributed by atoms with E-state index in [2.05, 4.69) is 36.5 Å². The minimum absolute atomic E-state index is 0.325. The van der Waals surface area contributed by atoms with Crippen LogP contribution >= 0.6 is 0 Å². The van der Waals surface area contributed by atoms with E-state index in [4.69, 9.17) is 4.74 Å². The molecule has 3 rings (SSSR count). The van der Waals surface area contributed by atoms with Gasteiger partial charge < -0.3 is 10.1 Å². The van der Waals surface area contributed by atoms with E-state index in [0.717, 1.165) is 25.4 Å². The lowest BCUT2D eigenvalue weighted by Gasteiger charge is -2.31. The largest absolute Gasteiger partial charge is 0.373 e. The van der Waals surface area contributed by atoms with Gasteiger partial charge in [0.15, 0.2) is 0 Å². The van der Waals surface area contributed by atoms with Crippen molar-refractivity contribution in [2.45, 2.75) is 51.2 Å². The van der Waals surface area contributed by atoms with Gasteiger partial charge in [-0.2, -0.15) is 0 Å². The van der Waals surface area contributed by atoms with Crippen molar-refractivity contribution in [3.8, 4) is 0 Å². The molecular weight excluding hydrogens is 234 g/mol. The second-order valence-corrected chi connectivity index (χ2v) is 6.17. The van der Waals surface area contributed by atoms with Gasteiger partial charge >= 0.3 is 0 Å². The van der Waals surface area contributed by atoms with Crippen molar-refractivity contribution >= 4 is 0 Å². The molecule has 0 saturated carbocycles. The van der Waals surface area contributed by atoms with Crippen molar-refractivity contribution in [3.63, 3.8) is 0 Å². The van der Waals surface area contributed by atoms with Crippen molar-refractivity contribution < 1.29 is 4.74 Å². The van der Waals surface area contributed by atoms with E-state index in [9.17, 15) is 0 Å². The lowest BCUT2D eigenvalue weighted by Crippen LogP contribution is -2.38. The number of hydrogen-bond acceptors (Lipinski definition) is 2. The molecule has 19 heavy (non-hydrogen) atoms. The average molecular weight is 259 g/mol. The third-order valence-corrected chi connectivity index (χ3v) is 4.63. The molecule has 0 aromatic heterocycles. The first kappa shape index (κ1) is 13.1. The summed E-state index contributed by atoms with van der Waals surface area (Å²) in [5.41, 5.74) is 2.92. The molecule has 1 aromatic rings. The van der Waals surface area contributed by atoms with Gasteiger partial charge in [-0.3, -0.25) is 0 Å². The average Bonchev–Trinajstić information content (AvgIpc) is 2.47. The highest BCUT2D eigenvalue weighted by atomic mass is 16.5. The first-order valence-corrected chi connectivity index (χ1v) is 7.75. The molecule has 2 nitrogen and oxygen atoms in total. The van der Waals surface area contributed by atoms with E-state index in [1.165, 1.54) is 36.9 Å². The van der Waals surface area contributed by atoms with Crippen molar-refractivity contribution in [2.75, 3.05) is 13.2 Å². The van der Waals surface area contributed by atoms with Gasteiger partial charge in [-0.25, -0.2) is 0 Å². The second-order valence-electron chi connectivity index (χ2n) is 6.17. The maximum atomic E-state index is 5.99. The number of piperidine rings is 1. The zero-order chi connectivity index (χ0) is 13.1. The number of ether oxygens (including phenoxy) is 1. The molecule has 2 aliphatic rings. The van der Waals surface area contributed by atoms with Crippen LogP contribution < -0.4 is 5.32 Å². The summed E-state index contributed by atoms with van der Waals surface area (Å²) >= 11 is 0. The van der Waals surface area contributed by atoms with E-state index >= 15 is 0 Å². The second kappa shape index (κ2) is 6.06. The van der Waals surface area contributed by atoms with Crippen molar-refractivity contribution in [2.24, 2.45) is 5.92 Å². The van der Waals surface area contributed by atoms with Gasteiger partial charge in [0.1, 0.15) is 0 Å². The molecule has 0 amide bonds. The van der Waals surface area contributed by atoms with Gasteiger partial charge in [0.25, 0.3) is 0 Å². The first-order chi connectivity index (χ1) is 9.33. The fourth-order valence-corrected chi connectivity index (χ4v) is 3.37. The fourth-order valence-electron chi connectivity index (χ4n) is 3.37. The minimum atomic E-state index is 0.325. The van der Waals surface area contributed by atoms with Crippen molar-refractivity contribution in [1.82, 2.24) is 5.32 Å². The van der Waals surface area contributed by atoms with E-state index in [-0.39, 0.29) is 0 Å². The molecule has 3 unspecified atom stereocenters. The molecule has 1 aromatic carbocycles. The van der Waals surface area contributed by atoms with E-state index in [1.54, 1.807) is 0 Å². The Balaban J connectivity index is 1.56. The quantitative estimate of drug-likeness (QED) is 0.897. The van der Waals surface area contributed by atoms with Crippen LogP contribution in [-0.2, 0) is 11.2 Å². The zero-order valence-corrected chi connectivity index (χ0v) is 11.9. The highest BCUT2D eigenvalue weighted by Crippen LogP contribution is 2.31. The summed E-state index contributed by atoms with van der Waals surface area (Å²) in [7, 11) is 0. The maximum absolute atomic E-state index is 5.99. The topological polar surface area (TPSA) is 21.3 Å². The van der Waals surface area contributed by atoms with Crippen LogP contribution in [0.25, 0.3) is 0 Å². The van der Waals surface area contributed by atoms with Gasteiger partial charge in [-0.15, -0.1) is 0 Å². The van der Waals surface area contributed by atoms with Gasteiger partial charge in [0.05, 0.1) is 12.7 Å². The zero-order valence-electron chi connectivity index (χ0n) is 11.9. The molecular formula is C17H25NO. The SMILES string of the molecule is CC1CCC(CCC2OCCc3ccccc32)NC1. The highest BCUT2D eigenvalue weighted by molar-refractivity contribution is 5.30. The molecule has 0 spiro atoms. The van der Waals surface area contributed by atoms with Crippen LogP contribution in [0.15, 0.2) is 24.3 Å². The molecule has 0 radical (unpaired) electrons. The van der Waals surface area contributed by atoms with E-state index in [0.29, 0.717) is 12.1 Å². The Labute approximate surface area is 116 Å². The Morgan fingerprint density at radius 3 is 2.95 bits per heavy atom. The van der Waals surface area contributed by atoms with Gasteiger partial charge in [0.2, 0.25) is 0 Å². The molecule has 0 aliphatic carbocycles. The summed E-state index contributed by atoms with van der Waals surface area (Å²) in [5, 5.41) is 3.68. The summed E-state index contributed by atoms with van der Waals surface area (Å²) in [4.78, 5) is 0. The third kappa shape index (κ3) is 3.18. The predicted molar refractivity (Wildman–Crippen MR) is 78.3 cm³/mol. The lowest BCUT2D eigenvalue weighted by molar-refractivity contribution is 0.0325. The molecule has 104 valence electrons. The van der Waals surface area contributed by atoms with Crippen molar-refractivity contribution in [1.29, 1.82) is 0 Å². The summed E-state index contributed by atoms with van der Waals surface area (Å²) < 4.78 is 5.99. The predicted octanol–water partition coefficient (Wildman–Crippen LogP) is 3.47. The number of hydrogen-bond donors (Lipinski definition) is 1. The first-order valence-electron chi connectivity index (χ1n) is 7.75. The normalized spacial score (nSPS) is 30.9. The molecule has 1 fully saturated rings. The Hall–Kier alpha value is -0.860. The number of rotatable bonds is 3. The third-order valence-electron chi connectivity index (χ3n) is 4.63. The fraction of sp³-hybridized carbons (Fsp3) is 0.647. The smallest absolute Gasteiger partial charge is 0.0828 e. The Bertz CT molecular complexity index is 409. The Kier molecular flexibility index (Phi) is 4.19. The van der Waals surface area contributed by atoms with Crippen LogP contribution in [0.5, 0.6) is 0 Å². The molecule has 2 heteroatoms. The summed E-state index contributed by atoms with van der Waals surface area (Å²) in [6.45, 7) is 4.41. The van der Waals surface area contributed by atoms with Gasteiger partial charge in [-0.1, -0.05) is 31.2 Å².